The lowest BCUT2D eigenvalue weighted by molar-refractivity contribution is 0.515. The highest BCUT2D eigenvalue weighted by Crippen LogP contribution is 2.16. The molecule has 0 aliphatic rings. The number of aryl methyl sites for hydroxylation is 1. The van der Waals surface area contributed by atoms with E-state index in [0.717, 1.165) is 18.9 Å². The second-order valence-electron chi connectivity index (χ2n) is 4.03. The topological polar surface area (TPSA) is 32.9 Å². The van der Waals surface area contributed by atoms with Gasteiger partial charge in [-0.05, 0) is 25.0 Å². The van der Waals surface area contributed by atoms with Gasteiger partial charge in [0.2, 0.25) is 0 Å². The van der Waals surface area contributed by atoms with Gasteiger partial charge in [-0.15, -0.1) is 0 Å². The van der Waals surface area contributed by atoms with Crippen molar-refractivity contribution in [2.75, 3.05) is 0 Å². The summed E-state index contributed by atoms with van der Waals surface area (Å²) in [7, 11) is 0. The van der Waals surface area contributed by atoms with Crippen molar-refractivity contribution in [3.05, 3.63) is 45.8 Å². The van der Waals surface area contributed by atoms with Crippen molar-refractivity contribution < 1.29 is 8.78 Å². The van der Waals surface area contributed by atoms with Crippen molar-refractivity contribution in [3.8, 4) is 0 Å². The Balaban J connectivity index is 2.61. The van der Waals surface area contributed by atoms with Crippen LogP contribution in [0.5, 0.6) is 0 Å². The summed E-state index contributed by atoms with van der Waals surface area (Å²) in [5.74, 6) is -1.95. The number of rotatable bonds is 3. The zero-order chi connectivity index (χ0) is 12.4. The van der Waals surface area contributed by atoms with Gasteiger partial charge in [0.25, 0.3) is 0 Å². The standard InChI is InChI=1S/C13H13F2NO/c1-2-3-4-8-7-16-12-9(13(8)17)5-6-10(14)11(12)15/h5-7H,2-4H2,1H3,(H,16,17). The molecule has 0 spiro atoms. The normalized spacial score (nSPS) is 11.0. The molecule has 17 heavy (non-hydrogen) atoms. The molecule has 2 aromatic rings. The fourth-order valence-electron chi connectivity index (χ4n) is 1.83. The van der Waals surface area contributed by atoms with E-state index in [1.165, 1.54) is 12.3 Å². The van der Waals surface area contributed by atoms with Crippen molar-refractivity contribution in [3.63, 3.8) is 0 Å². The van der Waals surface area contributed by atoms with Crippen LogP contribution in [-0.4, -0.2) is 4.98 Å². The van der Waals surface area contributed by atoms with Crippen molar-refractivity contribution >= 4 is 10.9 Å². The van der Waals surface area contributed by atoms with Crippen LogP contribution in [0.3, 0.4) is 0 Å². The maximum Gasteiger partial charge on any atom is 0.192 e. The molecule has 0 unspecified atom stereocenters. The summed E-state index contributed by atoms with van der Waals surface area (Å²) in [5, 5.41) is 0.206. The van der Waals surface area contributed by atoms with Gasteiger partial charge < -0.3 is 4.98 Å². The quantitative estimate of drug-likeness (QED) is 0.873. The van der Waals surface area contributed by atoms with Crippen molar-refractivity contribution in [2.45, 2.75) is 26.2 Å². The summed E-state index contributed by atoms with van der Waals surface area (Å²) in [6, 6.07) is 2.30. The van der Waals surface area contributed by atoms with Crippen LogP contribution in [0.1, 0.15) is 25.3 Å². The Labute approximate surface area is 97.3 Å². The second-order valence-corrected chi connectivity index (χ2v) is 4.03. The third-order valence-electron chi connectivity index (χ3n) is 2.82. The Morgan fingerprint density at radius 3 is 2.76 bits per heavy atom. The van der Waals surface area contributed by atoms with Gasteiger partial charge in [-0.3, -0.25) is 4.79 Å². The number of pyridine rings is 1. The Kier molecular flexibility index (Phi) is 3.22. The highest BCUT2D eigenvalue weighted by atomic mass is 19.2. The fourth-order valence-corrected chi connectivity index (χ4v) is 1.83. The number of nitrogens with one attached hydrogen (secondary N) is 1. The van der Waals surface area contributed by atoms with Crippen molar-refractivity contribution in [2.24, 2.45) is 0 Å². The lowest BCUT2D eigenvalue weighted by atomic mass is 10.1. The summed E-state index contributed by atoms with van der Waals surface area (Å²) in [5.41, 5.74) is 0.340. The molecule has 1 aromatic carbocycles. The van der Waals surface area contributed by atoms with E-state index in [9.17, 15) is 13.6 Å². The molecule has 1 N–H and O–H groups in total. The Morgan fingerprint density at radius 2 is 2.06 bits per heavy atom. The van der Waals surface area contributed by atoms with Crippen LogP contribution in [0.25, 0.3) is 10.9 Å². The summed E-state index contributed by atoms with van der Waals surface area (Å²) in [6.07, 6.45) is 4.01. The molecule has 2 nitrogen and oxygen atoms in total. The molecule has 0 amide bonds. The molecule has 1 aromatic heterocycles. The first kappa shape index (κ1) is 11.8. The van der Waals surface area contributed by atoms with E-state index in [1.54, 1.807) is 0 Å². The van der Waals surface area contributed by atoms with Crippen molar-refractivity contribution in [1.82, 2.24) is 4.98 Å². The van der Waals surface area contributed by atoms with E-state index in [-0.39, 0.29) is 16.3 Å². The SMILES string of the molecule is CCCCc1c[nH]c2c(F)c(F)ccc2c1=O. The monoisotopic (exact) mass is 237 g/mol. The molecule has 0 aliphatic carbocycles. The van der Waals surface area contributed by atoms with Crippen LogP contribution in [0.2, 0.25) is 0 Å². The van der Waals surface area contributed by atoms with Gasteiger partial charge in [0.1, 0.15) is 0 Å². The van der Waals surface area contributed by atoms with Crippen LogP contribution < -0.4 is 5.43 Å². The van der Waals surface area contributed by atoms with Gasteiger partial charge in [-0.1, -0.05) is 13.3 Å². The molecule has 0 aliphatic heterocycles. The van der Waals surface area contributed by atoms with Crippen LogP contribution in [0, 0.1) is 11.6 Å². The highest BCUT2D eigenvalue weighted by Gasteiger charge is 2.11. The zero-order valence-corrected chi connectivity index (χ0v) is 9.52. The molecule has 0 bridgehead atoms. The molecular formula is C13H13F2NO. The second kappa shape index (κ2) is 4.65. The van der Waals surface area contributed by atoms with Crippen LogP contribution >= 0.6 is 0 Å². The molecule has 0 radical (unpaired) electrons. The van der Waals surface area contributed by atoms with E-state index in [2.05, 4.69) is 4.98 Å². The lowest BCUT2D eigenvalue weighted by Crippen LogP contribution is -2.11. The molecule has 0 atom stereocenters. The molecule has 0 fully saturated rings. The maximum atomic E-state index is 13.4. The maximum absolute atomic E-state index is 13.4. The molecule has 4 heteroatoms. The number of hydrogen-bond donors (Lipinski definition) is 1. The number of hydrogen-bond acceptors (Lipinski definition) is 1. The molecule has 0 saturated heterocycles. The van der Waals surface area contributed by atoms with E-state index in [0.29, 0.717) is 12.0 Å². The largest absolute Gasteiger partial charge is 0.358 e. The molecule has 0 saturated carbocycles. The van der Waals surface area contributed by atoms with Crippen LogP contribution in [0.4, 0.5) is 8.78 Å². The van der Waals surface area contributed by atoms with Gasteiger partial charge in [0.15, 0.2) is 17.1 Å². The van der Waals surface area contributed by atoms with Gasteiger partial charge in [0, 0.05) is 17.1 Å². The Morgan fingerprint density at radius 1 is 1.29 bits per heavy atom. The Hall–Kier alpha value is -1.71. The third-order valence-corrected chi connectivity index (χ3v) is 2.82. The average molecular weight is 237 g/mol. The summed E-state index contributed by atoms with van der Waals surface area (Å²) >= 11 is 0. The molecule has 2 rings (SSSR count). The Bertz CT molecular complexity index is 604. The lowest BCUT2D eigenvalue weighted by Gasteiger charge is -2.04. The third kappa shape index (κ3) is 2.07. The summed E-state index contributed by atoms with van der Waals surface area (Å²) in [6.45, 7) is 2.03. The fraction of sp³-hybridized carbons (Fsp3) is 0.308. The van der Waals surface area contributed by atoms with Gasteiger partial charge in [-0.25, -0.2) is 8.78 Å². The van der Waals surface area contributed by atoms with Crippen molar-refractivity contribution in [1.29, 1.82) is 0 Å². The number of aromatic nitrogens is 1. The zero-order valence-electron chi connectivity index (χ0n) is 9.52. The first-order valence-electron chi connectivity index (χ1n) is 5.63. The summed E-state index contributed by atoms with van der Waals surface area (Å²) < 4.78 is 26.4. The number of aromatic amines is 1. The molecule has 90 valence electrons. The van der Waals surface area contributed by atoms with E-state index >= 15 is 0 Å². The van der Waals surface area contributed by atoms with E-state index in [1.807, 2.05) is 6.92 Å². The smallest absolute Gasteiger partial charge is 0.192 e. The number of unbranched alkanes of at least 4 members (excludes halogenated alkanes) is 1. The predicted octanol–water partition coefficient (Wildman–Crippen LogP) is 3.15. The van der Waals surface area contributed by atoms with Crippen LogP contribution in [0.15, 0.2) is 23.1 Å². The molecule has 1 heterocycles. The predicted molar refractivity (Wildman–Crippen MR) is 63.1 cm³/mol. The van der Waals surface area contributed by atoms with Gasteiger partial charge >= 0.3 is 0 Å². The number of fused-ring (bicyclic) bond motifs is 1. The first-order valence-corrected chi connectivity index (χ1v) is 5.63. The van der Waals surface area contributed by atoms with Gasteiger partial charge in [0.05, 0.1) is 5.52 Å². The van der Waals surface area contributed by atoms with E-state index in [4.69, 9.17) is 0 Å². The minimum Gasteiger partial charge on any atom is -0.358 e. The summed E-state index contributed by atoms with van der Waals surface area (Å²) in [4.78, 5) is 14.7. The van der Waals surface area contributed by atoms with Gasteiger partial charge in [-0.2, -0.15) is 0 Å². The number of H-pyrrole nitrogens is 1. The minimum absolute atomic E-state index is 0.0600. The highest BCUT2D eigenvalue weighted by molar-refractivity contribution is 5.79. The number of halogens is 2. The van der Waals surface area contributed by atoms with Crippen LogP contribution in [-0.2, 0) is 6.42 Å². The van der Waals surface area contributed by atoms with E-state index < -0.39 is 11.6 Å². The first-order chi connectivity index (χ1) is 8.15. The minimum atomic E-state index is -0.998. The average Bonchev–Trinajstić information content (AvgIpc) is 2.33. The number of benzene rings is 1. The molecular weight excluding hydrogens is 224 g/mol.